The fourth-order valence-corrected chi connectivity index (χ4v) is 2.04. The molecule has 1 unspecified atom stereocenters. The highest BCUT2D eigenvalue weighted by Crippen LogP contribution is 2.22. The molecule has 0 saturated heterocycles. The minimum atomic E-state index is -0.665. The lowest BCUT2D eigenvalue weighted by Crippen LogP contribution is -2.03. The molecule has 0 aliphatic heterocycles. The largest absolute Gasteiger partial charge is 0.494 e. The number of rotatable bonds is 6. The van der Waals surface area contributed by atoms with Crippen LogP contribution in [0.15, 0.2) is 48.5 Å². The standard InChI is InChI=1S/C17H19FO2/c1-2-9-20-16-8-4-6-14(12-16)17(19)11-13-5-3-7-15(18)10-13/h3-8,10,12,17,19H,2,9,11H2,1H3. The van der Waals surface area contributed by atoms with Gasteiger partial charge in [0.05, 0.1) is 12.7 Å². The number of hydrogen-bond acceptors (Lipinski definition) is 2. The predicted octanol–water partition coefficient (Wildman–Crippen LogP) is 3.89. The van der Waals surface area contributed by atoms with E-state index < -0.39 is 6.10 Å². The molecule has 0 aromatic heterocycles. The summed E-state index contributed by atoms with van der Waals surface area (Å²) in [5, 5.41) is 10.2. The Kier molecular flexibility index (Phi) is 5.13. The Labute approximate surface area is 118 Å². The van der Waals surface area contributed by atoms with Gasteiger partial charge < -0.3 is 9.84 Å². The van der Waals surface area contributed by atoms with Gasteiger partial charge >= 0.3 is 0 Å². The van der Waals surface area contributed by atoms with E-state index in [0.717, 1.165) is 23.3 Å². The van der Waals surface area contributed by atoms with E-state index in [2.05, 4.69) is 0 Å². The zero-order valence-electron chi connectivity index (χ0n) is 11.6. The van der Waals surface area contributed by atoms with Gasteiger partial charge in [0.25, 0.3) is 0 Å². The number of halogens is 1. The van der Waals surface area contributed by atoms with E-state index in [1.54, 1.807) is 6.07 Å². The SMILES string of the molecule is CCCOc1cccc(C(O)Cc2cccc(F)c2)c1. The van der Waals surface area contributed by atoms with Crippen molar-refractivity contribution in [2.45, 2.75) is 25.9 Å². The molecule has 1 N–H and O–H groups in total. The summed E-state index contributed by atoms with van der Waals surface area (Å²) >= 11 is 0. The molecule has 0 saturated carbocycles. The van der Waals surface area contributed by atoms with Gasteiger partial charge in [-0.15, -0.1) is 0 Å². The summed E-state index contributed by atoms with van der Waals surface area (Å²) in [6.07, 6.45) is 0.660. The summed E-state index contributed by atoms with van der Waals surface area (Å²) in [7, 11) is 0. The minimum Gasteiger partial charge on any atom is -0.494 e. The van der Waals surface area contributed by atoms with Gasteiger partial charge in [0, 0.05) is 6.42 Å². The first-order chi connectivity index (χ1) is 9.69. The molecule has 0 amide bonds. The second kappa shape index (κ2) is 7.06. The first-order valence-electron chi connectivity index (χ1n) is 6.84. The van der Waals surface area contributed by atoms with Gasteiger partial charge in [0.15, 0.2) is 0 Å². The lowest BCUT2D eigenvalue weighted by atomic mass is 10.0. The van der Waals surface area contributed by atoms with Crippen molar-refractivity contribution in [1.29, 1.82) is 0 Å². The summed E-state index contributed by atoms with van der Waals surface area (Å²) in [6, 6.07) is 13.7. The number of aliphatic hydroxyl groups is 1. The summed E-state index contributed by atoms with van der Waals surface area (Å²) in [5.74, 6) is 0.470. The Balaban J connectivity index is 2.06. The molecule has 0 radical (unpaired) electrons. The lowest BCUT2D eigenvalue weighted by molar-refractivity contribution is 0.177. The number of benzene rings is 2. The Bertz CT molecular complexity index is 554. The van der Waals surface area contributed by atoms with Crippen molar-refractivity contribution in [3.8, 4) is 5.75 Å². The van der Waals surface area contributed by atoms with Crippen LogP contribution in [-0.4, -0.2) is 11.7 Å². The van der Waals surface area contributed by atoms with Gasteiger partial charge in [0.1, 0.15) is 11.6 Å². The van der Waals surface area contributed by atoms with Crippen molar-refractivity contribution in [3.63, 3.8) is 0 Å². The minimum absolute atomic E-state index is 0.283. The number of aliphatic hydroxyl groups excluding tert-OH is 1. The van der Waals surface area contributed by atoms with Crippen molar-refractivity contribution in [2.24, 2.45) is 0 Å². The molecule has 2 nitrogen and oxygen atoms in total. The molecule has 106 valence electrons. The summed E-state index contributed by atoms with van der Waals surface area (Å²) < 4.78 is 18.7. The molecule has 1 atom stereocenters. The molecular weight excluding hydrogens is 255 g/mol. The first kappa shape index (κ1) is 14.5. The fraction of sp³-hybridized carbons (Fsp3) is 0.294. The third-order valence-electron chi connectivity index (χ3n) is 3.03. The van der Waals surface area contributed by atoms with E-state index in [9.17, 15) is 9.50 Å². The van der Waals surface area contributed by atoms with Gasteiger partial charge in [0.2, 0.25) is 0 Å². The number of hydrogen-bond donors (Lipinski definition) is 1. The van der Waals surface area contributed by atoms with Crippen molar-refractivity contribution in [1.82, 2.24) is 0 Å². The zero-order valence-corrected chi connectivity index (χ0v) is 11.6. The molecule has 0 bridgehead atoms. The average molecular weight is 274 g/mol. The van der Waals surface area contributed by atoms with Crippen molar-refractivity contribution < 1.29 is 14.2 Å². The van der Waals surface area contributed by atoms with Crippen LogP contribution in [0.2, 0.25) is 0 Å². The highest BCUT2D eigenvalue weighted by atomic mass is 19.1. The Morgan fingerprint density at radius 2 is 1.95 bits per heavy atom. The predicted molar refractivity (Wildman–Crippen MR) is 77.3 cm³/mol. The summed E-state index contributed by atoms with van der Waals surface area (Å²) in [6.45, 7) is 2.70. The van der Waals surface area contributed by atoms with E-state index in [0.29, 0.717) is 13.0 Å². The van der Waals surface area contributed by atoms with Crippen LogP contribution >= 0.6 is 0 Å². The molecular formula is C17H19FO2. The third kappa shape index (κ3) is 4.07. The number of ether oxygens (including phenoxy) is 1. The van der Waals surface area contributed by atoms with Gasteiger partial charge in [-0.05, 0) is 41.8 Å². The topological polar surface area (TPSA) is 29.5 Å². The van der Waals surface area contributed by atoms with Gasteiger partial charge in [-0.25, -0.2) is 4.39 Å². The lowest BCUT2D eigenvalue weighted by Gasteiger charge is -2.13. The van der Waals surface area contributed by atoms with Gasteiger partial charge in [-0.2, -0.15) is 0 Å². The third-order valence-corrected chi connectivity index (χ3v) is 3.03. The monoisotopic (exact) mass is 274 g/mol. The van der Waals surface area contributed by atoms with Crippen molar-refractivity contribution >= 4 is 0 Å². The Hall–Kier alpha value is -1.87. The van der Waals surface area contributed by atoms with E-state index in [-0.39, 0.29) is 5.82 Å². The van der Waals surface area contributed by atoms with E-state index in [1.807, 2.05) is 37.3 Å². The van der Waals surface area contributed by atoms with E-state index >= 15 is 0 Å². The van der Waals surface area contributed by atoms with Crippen LogP contribution in [0.25, 0.3) is 0 Å². The normalized spacial score (nSPS) is 12.2. The second-order valence-electron chi connectivity index (χ2n) is 4.77. The van der Waals surface area contributed by atoms with Crippen LogP contribution in [-0.2, 0) is 6.42 Å². The first-order valence-corrected chi connectivity index (χ1v) is 6.84. The van der Waals surface area contributed by atoms with Crippen LogP contribution in [0.3, 0.4) is 0 Å². The van der Waals surface area contributed by atoms with Crippen LogP contribution in [0.4, 0.5) is 4.39 Å². The Morgan fingerprint density at radius 1 is 1.15 bits per heavy atom. The molecule has 2 aromatic rings. The maximum absolute atomic E-state index is 13.1. The molecule has 20 heavy (non-hydrogen) atoms. The maximum Gasteiger partial charge on any atom is 0.123 e. The second-order valence-corrected chi connectivity index (χ2v) is 4.77. The highest BCUT2D eigenvalue weighted by molar-refractivity contribution is 5.31. The van der Waals surface area contributed by atoms with Crippen LogP contribution < -0.4 is 4.74 Å². The van der Waals surface area contributed by atoms with Gasteiger partial charge in [-0.1, -0.05) is 31.2 Å². The molecule has 2 rings (SSSR count). The van der Waals surface area contributed by atoms with Crippen LogP contribution in [0.1, 0.15) is 30.6 Å². The highest BCUT2D eigenvalue weighted by Gasteiger charge is 2.10. The smallest absolute Gasteiger partial charge is 0.123 e. The quantitative estimate of drug-likeness (QED) is 0.866. The summed E-state index contributed by atoms with van der Waals surface area (Å²) in [5.41, 5.74) is 1.56. The average Bonchev–Trinajstić information content (AvgIpc) is 2.45. The molecule has 3 heteroatoms. The molecule has 0 aliphatic rings. The van der Waals surface area contributed by atoms with E-state index in [1.165, 1.54) is 12.1 Å². The molecule has 0 fully saturated rings. The van der Waals surface area contributed by atoms with E-state index in [4.69, 9.17) is 4.74 Å². The van der Waals surface area contributed by atoms with Crippen LogP contribution in [0, 0.1) is 5.82 Å². The van der Waals surface area contributed by atoms with Gasteiger partial charge in [-0.3, -0.25) is 0 Å². The fourth-order valence-electron chi connectivity index (χ4n) is 2.04. The summed E-state index contributed by atoms with van der Waals surface area (Å²) in [4.78, 5) is 0. The maximum atomic E-state index is 13.1. The van der Waals surface area contributed by atoms with Crippen molar-refractivity contribution in [2.75, 3.05) is 6.61 Å². The zero-order chi connectivity index (χ0) is 14.4. The Morgan fingerprint density at radius 3 is 2.70 bits per heavy atom. The molecule has 2 aromatic carbocycles. The molecule has 0 spiro atoms. The van der Waals surface area contributed by atoms with Crippen molar-refractivity contribution in [3.05, 3.63) is 65.5 Å². The molecule has 0 heterocycles. The van der Waals surface area contributed by atoms with Crippen LogP contribution in [0.5, 0.6) is 5.75 Å². The molecule has 0 aliphatic carbocycles.